The van der Waals surface area contributed by atoms with Crippen LogP contribution < -0.4 is 5.32 Å². The fraction of sp³-hybridized carbons (Fsp3) is 0.222. The second-order valence-electron chi connectivity index (χ2n) is 5.21. The third-order valence-corrected chi connectivity index (χ3v) is 3.81. The molecule has 0 fully saturated rings. The zero-order chi connectivity index (χ0) is 13.8. The van der Waals surface area contributed by atoms with Crippen molar-refractivity contribution < 1.29 is 0 Å². The molecule has 1 atom stereocenters. The van der Waals surface area contributed by atoms with Crippen LogP contribution in [0.5, 0.6) is 0 Å². The first kappa shape index (κ1) is 12.9. The Morgan fingerprint density at radius 2 is 1.60 bits per heavy atom. The van der Waals surface area contributed by atoms with Crippen LogP contribution in [0.3, 0.4) is 0 Å². The van der Waals surface area contributed by atoms with Gasteiger partial charge >= 0.3 is 0 Å². The van der Waals surface area contributed by atoms with Crippen molar-refractivity contribution in [2.24, 2.45) is 0 Å². The molecule has 2 nitrogen and oxygen atoms in total. The quantitative estimate of drug-likeness (QED) is 0.895. The minimum atomic E-state index is 0.321. The highest BCUT2D eigenvalue weighted by Gasteiger charge is 2.18. The van der Waals surface area contributed by atoms with Crippen LogP contribution in [-0.4, -0.2) is 25.0 Å². The van der Waals surface area contributed by atoms with Crippen molar-refractivity contribution in [1.82, 2.24) is 10.2 Å². The molecule has 2 aromatic rings. The van der Waals surface area contributed by atoms with Crippen LogP contribution in [0.4, 0.5) is 0 Å². The van der Waals surface area contributed by atoms with E-state index < -0.39 is 0 Å². The zero-order valence-corrected chi connectivity index (χ0v) is 11.8. The standard InChI is InChI=1S/C18H20N2/c1-20-13-12-19-17(15-8-4-2-5-9-15)14-18(20)16-10-6-3-7-11-16/h2-11,14,18-19H,12-13H2,1H3. The Morgan fingerprint density at radius 3 is 2.30 bits per heavy atom. The predicted octanol–water partition coefficient (Wildman–Crippen LogP) is 3.30. The van der Waals surface area contributed by atoms with Crippen LogP contribution >= 0.6 is 0 Å². The smallest absolute Gasteiger partial charge is 0.0552 e. The van der Waals surface area contributed by atoms with E-state index in [0.29, 0.717) is 6.04 Å². The average molecular weight is 264 g/mol. The van der Waals surface area contributed by atoms with Gasteiger partial charge in [0.1, 0.15) is 0 Å². The Morgan fingerprint density at radius 1 is 0.950 bits per heavy atom. The molecule has 1 aliphatic rings. The molecule has 1 heterocycles. The van der Waals surface area contributed by atoms with Gasteiger partial charge in [-0.25, -0.2) is 0 Å². The van der Waals surface area contributed by atoms with E-state index >= 15 is 0 Å². The molecule has 2 aromatic carbocycles. The molecule has 0 saturated carbocycles. The molecule has 0 aromatic heterocycles. The molecular weight excluding hydrogens is 244 g/mol. The van der Waals surface area contributed by atoms with Gasteiger partial charge in [0.25, 0.3) is 0 Å². The minimum Gasteiger partial charge on any atom is -0.383 e. The molecule has 1 aliphatic heterocycles. The molecule has 2 heteroatoms. The van der Waals surface area contributed by atoms with Crippen molar-refractivity contribution in [3.63, 3.8) is 0 Å². The third-order valence-electron chi connectivity index (χ3n) is 3.81. The van der Waals surface area contributed by atoms with Gasteiger partial charge in [-0.2, -0.15) is 0 Å². The molecule has 0 aliphatic carbocycles. The second kappa shape index (κ2) is 5.93. The van der Waals surface area contributed by atoms with Gasteiger partial charge in [-0.3, -0.25) is 4.90 Å². The Kier molecular flexibility index (Phi) is 3.84. The molecule has 0 radical (unpaired) electrons. The number of nitrogens with one attached hydrogen (secondary N) is 1. The molecule has 0 saturated heterocycles. The normalized spacial score (nSPS) is 19.9. The van der Waals surface area contributed by atoms with Crippen molar-refractivity contribution in [2.45, 2.75) is 6.04 Å². The van der Waals surface area contributed by atoms with Gasteiger partial charge in [0, 0.05) is 18.8 Å². The van der Waals surface area contributed by atoms with Crippen LogP contribution in [0.2, 0.25) is 0 Å². The number of hydrogen-bond donors (Lipinski definition) is 1. The van der Waals surface area contributed by atoms with Crippen LogP contribution in [-0.2, 0) is 0 Å². The maximum atomic E-state index is 3.55. The van der Waals surface area contributed by atoms with Gasteiger partial charge in [-0.05, 0) is 24.3 Å². The summed E-state index contributed by atoms with van der Waals surface area (Å²) in [6.45, 7) is 2.01. The predicted molar refractivity (Wildman–Crippen MR) is 84.2 cm³/mol. The summed E-state index contributed by atoms with van der Waals surface area (Å²) in [6.07, 6.45) is 2.33. The highest BCUT2D eigenvalue weighted by atomic mass is 15.2. The maximum absolute atomic E-state index is 3.55. The highest BCUT2D eigenvalue weighted by Crippen LogP contribution is 2.26. The van der Waals surface area contributed by atoms with Gasteiger partial charge in [0.2, 0.25) is 0 Å². The first-order valence-corrected chi connectivity index (χ1v) is 7.11. The van der Waals surface area contributed by atoms with Gasteiger partial charge in [-0.1, -0.05) is 60.7 Å². The van der Waals surface area contributed by atoms with E-state index in [1.807, 2.05) is 0 Å². The highest BCUT2D eigenvalue weighted by molar-refractivity contribution is 5.65. The lowest BCUT2D eigenvalue weighted by Gasteiger charge is -2.23. The summed E-state index contributed by atoms with van der Waals surface area (Å²) in [6, 6.07) is 21.6. The number of benzene rings is 2. The van der Waals surface area contributed by atoms with Gasteiger partial charge in [-0.15, -0.1) is 0 Å². The molecular formula is C18H20N2. The lowest BCUT2D eigenvalue weighted by Crippen LogP contribution is -2.27. The second-order valence-corrected chi connectivity index (χ2v) is 5.21. The van der Waals surface area contributed by atoms with Crippen molar-refractivity contribution in [3.05, 3.63) is 77.9 Å². The summed E-state index contributed by atoms with van der Waals surface area (Å²) in [4.78, 5) is 2.39. The third kappa shape index (κ3) is 2.75. The Labute approximate surface area is 120 Å². The summed E-state index contributed by atoms with van der Waals surface area (Å²) in [5.74, 6) is 0. The molecule has 0 amide bonds. The molecule has 102 valence electrons. The Balaban J connectivity index is 1.98. The Bertz CT molecular complexity index is 575. The summed E-state index contributed by atoms with van der Waals surface area (Å²) < 4.78 is 0. The number of rotatable bonds is 2. The van der Waals surface area contributed by atoms with E-state index in [9.17, 15) is 0 Å². The fourth-order valence-electron chi connectivity index (χ4n) is 2.67. The summed E-state index contributed by atoms with van der Waals surface area (Å²) in [5.41, 5.74) is 3.82. The maximum Gasteiger partial charge on any atom is 0.0552 e. The van der Waals surface area contributed by atoms with Crippen molar-refractivity contribution >= 4 is 5.70 Å². The zero-order valence-electron chi connectivity index (χ0n) is 11.8. The average Bonchev–Trinajstić information content (AvgIpc) is 2.71. The minimum absolute atomic E-state index is 0.321. The SMILES string of the molecule is CN1CCNC(c2ccccc2)=CC1c1ccccc1. The van der Waals surface area contributed by atoms with E-state index in [4.69, 9.17) is 0 Å². The van der Waals surface area contributed by atoms with Crippen LogP contribution in [0.25, 0.3) is 5.70 Å². The van der Waals surface area contributed by atoms with E-state index in [-0.39, 0.29) is 0 Å². The number of nitrogens with zero attached hydrogens (tertiary/aromatic N) is 1. The molecule has 3 rings (SSSR count). The first-order chi connectivity index (χ1) is 9.84. The molecule has 0 spiro atoms. The largest absolute Gasteiger partial charge is 0.383 e. The number of hydrogen-bond acceptors (Lipinski definition) is 2. The van der Waals surface area contributed by atoms with Crippen LogP contribution in [0.15, 0.2) is 66.7 Å². The summed E-state index contributed by atoms with van der Waals surface area (Å²) in [5, 5.41) is 3.55. The van der Waals surface area contributed by atoms with Crippen LogP contribution in [0, 0.1) is 0 Å². The lowest BCUT2D eigenvalue weighted by molar-refractivity contribution is 0.296. The van der Waals surface area contributed by atoms with Crippen molar-refractivity contribution in [3.8, 4) is 0 Å². The fourth-order valence-corrected chi connectivity index (χ4v) is 2.67. The van der Waals surface area contributed by atoms with Crippen molar-refractivity contribution in [1.29, 1.82) is 0 Å². The van der Waals surface area contributed by atoms with E-state index in [2.05, 4.69) is 84.0 Å². The van der Waals surface area contributed by atoms with Crippen molar-refractivity contribution in [2.75, 3.05) is 20.1 Å². The van der Waals surface area contributed by atoms with Gasteiger partial charge in [0.05, 0.1) is 6.04 Å². The topological polar surface area (TPSA) is 15.3 Å². The first-order valence-electron chi connectivity index (χ1n) is 7.11. The van der Waals surface area contributed by atoms with Gasteiger partial charge < -0.3 is 5.32 Å². The Hall–Kier alpha value is -2.06. The summed E-state index contributed by atoms with van der Waals surface area (Å²) >= 11 is 0. The van der Waals surface area contributed by atoms with E-state index in [1.54, 1.807) is 0 Å². The monoisotopic (exact) mass is 264 g/mol. The molecule has 20 heavy (non-hydrogen) atoms. The van der Waals surface area contributed by atoms with E-state index in [1.165, 1.54) is 16.8 Å². The van der Waals surface area contributed by atoms with E-state index in [0.717, 1.165) is 13.1 Å². The van der Waals surface area contributed by atoms with Gasteiger partial charge in [0.15, 0.2) is 0 Å². The molecule has 1 unspecified atom stereocenters. The van der Waals surface area contributed by atoms with Crippen LogP contribution in [0.1, 0.15) is 17.2 Å². The molecule has 0 bridgehead atoms. The lowest BCUT2D eigenvalue weighted by atomic mass is 10.0. The summed E-state index contributed by atoms with van der Waals surface area (Å²) in [7, 11) is 2.18. The number of likely N-dealkylation sites (N-methyl/N-ethyl adjacent to an activating group) is 1. The molecule has 1 N–H and O–H groups in total.